The highest BCUT2D eigenvalue weighted by Gasteiger charge is 2.35. The van der Waals surface area contributed by atoms with Gasteiger partial charge in [-0.1, -0.05) is 54.6 Å². The highest BCUT2D eigenvalue weighted by Crippen LogP contribution is 2.27. The lowest BCUT2D eigenvalue weighted by Gasteiger charge is -2.35. The van der Waals surface area contributed by atoms with Crippen LogP contribution in [-0.4, -0.2) is 74.6 Å². The minimum absolute atomic E-state index is 0.0281. The molecule has 0 bridgehead atoms. The molecule has 11 heteroatoms. The van der Waals surface area contributed by atoms with E-state index in [0.717, 1.165) is 16.6 Å². The third-order valence-electron chi connectivity index (χ3n) is 8.69. The number of imide groups is 1. The second kappa shape index (κ2) is 13.1. The van der Waals surface area contributed by atoms with E-state index in [9.17, 15) is 19.2 Å². The maximum atomic E-state index is 13.8. The Bertz CT molecular complexity index is 1770. The molecule has 4 aromatic rings. The van der Waals surface area contributed by atoms with Crippen molar-refractivity contribution >= 4 is 46.1 Å². The SMILES string of the molecule is COC(=O)C(Cc1ccccc1)NC(=S)N1CCC(n2c(=O)n(CCCN3C(=O)c4ccccc4C3=O)c3ccccc32)CC1. The zero-order chi connectivity index (χ0) is 31.5. The van der Waals surface area contributed by atoms with Crippen molar-refractivity contribution in [2.75, 3.05) is 26.7 Å². The van der Waals surface area contributed by atoms with Gasteiger partial charge in [-0.05, 0) is 61.3 Å². The summed E-state index contributed by atoms with van der Waals surface area (Å²) >= 11 is 5.71. The first-order valence-corrected chi connectivity index (χ1v) is 15.6. The number of ether oxygens (including phenoxy) is 1. The number of carbonyl (C=O) groups excluding carboxylic acids is 3. The van der Waals surface area contributed by atoms with Crippen molar-refractivity contribution in [2.24, 2.45) is 0 Å². The van der Waals surface area contributed by atoms with E-state index in [-0.39, 0.29) is 36.1 Å². The smallest absolute Gasteiger partial charge is 0.329 e. The number of piperidine rings is 1. The van der Waals surface area contributed by atoms with E-state index in [0.29, 0.717) is 61.6 Å². The fraction of sp³-hybridized carbons (Fsp3) is 0.324. The molecule has 1 saturated heterocycles. The molecule has 3 aromatic carbocycles. The molecule has 3 heterocycles. The summed E-state index contributed by atoms with van der Waals surface area (Å²) in [6.45, 7) is 1.86. The van der Waals surface area contributed by atoms with Gasteiger partial charge in [0.05, 0.1) is 29.3 Å². The zero-order valence-electron chi connectivity index (χ0n) is 25.1. The Kier molecular flexibility index (Phi) is 8.79. The number of fused-ring (bicyclic) bond motifs is 2. The number of nitrogens with one attached hydrogen (secondary N) is 1. The molecule has 0 spiro atoms. The van der Waals surface area contributed by atoms with Crippen LogP contribution in [0.25, 0.3) is 11.0 Å². The molecule has 1 aromatic heterocycles. The van der Waals surface area contributed by atoms with Crippen LogP contribution in [0.5, 0.6) is 0 Å². The van der Waals surface area contributed by atoms with E-state index in [1.54, 1.807) is 28.8 Å². The van der Waals surface area contributed by atoms with Crippen molar-refractivity contribution < 1.29 is 19.1 Å². The number of aromatic nitrogens is 2. The van der Waals surface area contributed by atoms with E-state index in [1.807, 2.05) is 64.1 Å². The molecule has 2 amide bonds. The molecule has 6 rings (SSSR count). The van der Waals surface area contributed by atoms with Gasteiger partial charge in [0.15, 0.2) is 5.11 Å². The Morgan fingerprint density at radius 3 is 2.11 bits per heavy atom. The van der Waals surface area contributed by atoms with Gasteiger partial charge in [-0.2, -0.15) is 0 Å². The maximum absolute atomic E-state index is 13.8. The van der Waals surface area contributed by atoms with Crippen molar-refractivity contribution in [3.05, 3.63) is 106 Å². The number of aryl methyl sites for hydroxylation is 1. The van der Waals surface area contributed by atoms with Gasteiger partial charge in [-0.25, -0.2) is 9.59 Å². The van der Waals surface area contributed by atoms with E-state index in [2.05, 4.69) is 5.32 Å². The second-order valence-electron chi connectivity index (χ2n) is 11.4. The number of hydrogen-bond acceptors (Lipinski definition) is 6. The van der Waals surface area contributed by atoms with Gasteiger partial charge >= 0.3 is 11.7 Å². The van der Waals surface area contributed by atoms with Gasteiger partial charge in [0.25, 0.3) is 11.8 Å². The first kappa shape index (κ1) is 30.3. The monoisotopic (exact) mass is 625 g/mol. The Hall–Kier alpha value is -4.77. The average molecular weight is 626 g/mol. The lowest BCUT2D eigenvalue weighted by atomic mass is 10.0. The summed E-state index contributed by atoms with van der Waals surface area (Å²) in [5, 5.41) is 3.69. The molecule has 2 aliphatic heterocycles. The third kappa shape index (κ3) is 6.00. The molecular weight excluding hydrogens is 590 g/mol. The van der Waals surface area contributed by atoms with Crippen LogP contribution < -0.4 is 11.0 Å². The van der Waals surface area contributed by atoms with Crippen LogP contribution in [0.2, 0.25) is 0 Å². The summed E-state index contributed by atoms with van der Waals surface area (Å²) in [4.78, 5) is 55.3. The first-order valence-electron chi connectivity index (χ1n) is 15.2. The fourth-order valence-electron chi connectivity index (χ4n) is 6.38. The highest BCUT2D eigenvalue weighted by atomic mass is 32.1. The number of thiocarbonyl (C=S) groups is 1. The number of nitrogens with zero attached hydrogens (tertiary/aromatic N) is 4. The summed E-state index contributed by atoms with van der Waals surface area (Å²) in [5.74, 6) is -0.955. The van der Waals surface area contributed by atoms with Crippen molar-refractivity contribution in [2.45, 2.75) is 44.3 Å². The van der Waals surface area contributed by atoms with Gasteiger partial charge in [0.2, 0.25) is 0 Å². The Morgan fingerprint density at radius 1 is 0.867 bits per heavy atom. The molecule has 45 heavy (non-hydrogen) atoms. The van der Waals surface area contributed by atoms with Crippen molar-refractivity contribution in [1.82, 2.24) is 24.3 Å². The lowest BCUT2D eigenvalue weighted by Crippen LogP contribution is -2.51. The normalized spacial score (nSPS) is 15.8. The number of esters is 1. The molecule has 0 saturated carbocycles. The standard InChI is InChI=1S/C34H35N5O5S/c1-44-32(42)27(22-23-10-3-2-4-11-23)35-33(45)36-20-16-24(17-21-36)39-29-15-8-7-14-28(29)37(34(39)43)18-9-19-38-30(40)25-12-5-6-13-26(25)31(38)41/h2-8,10-15,24,27H,9,16-22H2,1H3,(H,35,45). The molecule has 232 valence electrons. The van der Waals surface area contributed by atoms with Crippen LogP contribution in [0.3, 0.4) is 0 Å². The van der Waals surface area contributed by atoms with E-state index < -0.39 is 6.04 Å². The minimum Gasteiger partial charge on any atom is -0.467 e. The maximum Gasteiger partial charge on any atom is 0.329 e. The topological polar surface area (TPSA) is 106 Å². The highest BCUT2D eigenvalue weighted by molar-refractivity contribution is 7.80. The largest absolute Gasteiger partial charge is 0.467 e. The first-order chi connectivity index (χ1) is 21.9. The third-order valence-corrected chi connectivity index (χ3v) is 9.07. The number of hydrogen-bond donors (Lipinski definition) is 1. The van der Waals surface area contributed by atoms with Crippen LogP contribution in [0.4, 0.5) is 0 Å². The van der Waals surface area contributed by atoms with Crippen molar-refractivity contribution in [1.29, 1.82) is 0 Å². The quantitative estimate of drug-likeness (QED) is 0.170. The Labute approximate surface area is 266 Å². The molecule has 1 fully saturated rings. The van der Waals surface area contributed by atoms with Gasteiger partial charge < -0.3 is 15.0 Å². The van der Waals surface area contributed by atoms with Crippen molar-refractivity contribution in [3.8, 4) is 0 Å². The van der Waals surface area contributed by atoms with Gasteiger partial charge in [-0.15, -0.1) is 0 Å². The summed E-state index contributed by atoms with van der Waals surface area (Å²) in [6.07, 6.45) is 2.31. The molecule has 1 atom stereocenters. The molecule has 10 nitrogen and oxygen atoms in total. The van der Waals surface area contributed by atoms with Crippen LogP contribution in [-0.2, 0) is 22.5 Å². The fourth-order valence-corrected chi connectivity index (χ4v) is 6.71. The molecule has 0 radical (unpaired) electrons. The van der Waals surface area contributed by atoms with Crippen LogP contribution in [0.15, 0.2) is 83.7 Å². The van der Waals surface area contributed by atoms with E-state index in [1.165, 1.54) is 12.0 Å². The summed E-state index contributed by atoms with van der Waals surface area (Å²) in [5.41, 5.74) is 3.43. The number of imidazole rings is 1. The predicted molar refractivity (Wildman–Crippen MR) is 174 cm³/mol. The molecular formula is C34H35N5O5S. The Morgan fingerprint density at radius 2 is 1.47 bits per heavy atom. The number of methoxy groups -OCH3 is 1. The molecule has 1 N–H and O–H groups in total. The number of para-hydroxylation sites is 2. The number of benzene rings is 3. The minimum atomic E-state index is -0.608. The predicted octanol–water partition coefficient (Wildman–Crippen LogP) is 3.79. The zero-order valence-corrected chi connectivity index (χ0v) is 25.9. The lowest BCUT2D eigenvalue weighted by molar-refractivity contribution is -0.142. The second-order valence-corrected chi connectivity index (χ2v) is 11.8. The van der Waals surface area contributed by atoms with Crippen LogP contribution in [0.1, 0.15) is 51.6 Å². The van der Waals surface area contributed by atoms with Crippen molar-refractivity contribution in [3.63, 3.8) is 0 Å². The van der Waals surface area contributed by atoms with Gasteiger partial charge in [-0.3, -0.25) is 23.6 Å². The average Bonchev–Trinajstić information content (AvgIpc) is 3.49. The summed E-state index contributed by atoms with van der Waals surface area (Å²) in [7, 11) is 1.37. The molecule has 0 aliphatic carbocycles. The molecule has 2 aliphatic rings. The Balaban J connectivity index is 1.11. The van der Waals surface area contributed by atoms with E-state index in [4.69, 9.17) is 17.0 Å². The van der Waals surface area contributed by atoms with Gasteiger partial charge in [0.1, 0.15) is 6.04 Å². The molecule has 1 unspecified atom stereocenters. The number of amides is 2. The van der Waals surface area contributed by atoms with Crippen LogP contribution >= 0.6 is 12.2 Å². The number of carbonyl (C=O) groups is 3. The summed E-state index contributed by atoms with van der Waals surface area (Å²) in [6, 6.07) is 23.7. The van der Waals surface area contributed by atoms with E-state index >= 15 is 0 Å². The number of rotatable bonds is 9. The van der Waals surface area contributed by atoms with Crippen LogP contribution in [0, 0.1) is 0 Å². The summed E-state index contributed by atoms with van der Waals surface area (Å²) < 4.78 is 8.65. The number of likely N-dealkylation sites (tertiary alicyclic amines) is 1. The van der Waals surface area contributed by atoms with Gasteiger partial charge in [0, 0.05) is 38.6 Å².